The molecule has 1 aliphatic heterocycles. The largest absolute Gasteiger partial charge is 0.341 e. The summed E-state index contributed by atoms with van der Waals surface area (Å²) >= 11 is 6.06. The van der Waals surface area contributed by atoms with Crippen LogP contribution >= 0.6 is 11.6 Å². The summed E-state index contributed by atoms with van der Waals surface area (Å²) < 4.78 is 1.94. The van der Waals surface area contributed by atoms with Crippen molar-refractivity contribution in [2.75, 3.05) is 13.1 Å². The van der Waals surface area contributed by atoms with Crippen molar-refractivity contribution in [2.45, 2.75) is 32.2 Å². The SMILES string of the molecule is CCc1nccn1CC(=O)N1CC[C@@H](c2cccc(Cl)c2)C1. The van der Waals surface area contributed by atoms with Crippen molar-refractivity contribution in [3.8, 4) is 0 Å². The second-order valence-corrected chi connectivity index (χ2v) is 6.14. The Morgan fingerprint density at radius 1 is 1.45 bits per heavy atom. The van der Waals surface area contributed by atoms with Crippen LogP contribution in [0.15, 0.2) is 36.7 Å². The molecule has 5 heteroatoms. The molecule has 0 bridgehead atoms. The van der Waals surface area contributed by atoms with Crippen molar-refractivity contribution in [1.29, 1.82) is 0 Å². The van der Waals surface area contributed by atoms with Gasteiger partial charge in [-0.1, -0.05) is 30.7 Å². The Morgan fingerprint density at radius 2 is 2.32 bits per heavy atom. The highest BCUT2D eigenvalue weighted by molar-refractivity contribution is 6.30. The summed E-state index contributed by atoms with van der Waals surface area (Å²) in [5.41, 5.74) is 1.22. The van der Waals surface area contributed by atoms with Gasteiger partial charge in [0.25, 0.3) is 0 Å². The minimum absolute atomic E-state index is 0.164. The fraction of sp³-hybridized carbons (Fsp3) is 0.412. The van der Waals surface area contributed by atoms with E-state index in [9.17, 15) is 4.79 Å². The monoisotopic (exact) mass is 317 g/mol. The number of carbonyl (C=O) groups is 1. The lowest BCUT2D eigenvalue weighted by Crippen LogP contribution is -2.32. The molecule has 0 radical (unpaired) electrons. The van der Waals surface area contributed by atoms with E-state index in [0.717, 1.165) is 36.8 Å². The molecule has 0 saturated carbocycles. The Kier molecular flexibility index (Phi) is 4.48. The number of hydrogen-bond acceptors (Lipinski definition) is 2. The second kappa shape index (κ2) is 6.53. The number of benzene rings is 1. The summed E-state index contributed by atoms with van der Waals surface area (Å²) in [5.74, 6) is 1.51. The normalized spacial score (nSPS) is 17.9. The average Bonchev–Trinajstić information content (AvgIpc) is 3.16. The van der Waals surface area contributed by atoms with Crippen molar-refractivity contribution in [3.63, 3.8) is 0 Å². The predicted octanol–water partition coefficient (Wildman–Crippen LogP) is 3.12. The number of carbonyl (C=O) groups excluding carboxylic acids is 1. The van der Waals surface area contributed by atoms with E-state index in [4.69, 9.17) is 11.6 Å². The van der Waals surface area contributed by atoms with Crippen LogP contribution in [0.1, 0.15) is 30.7 Å². The molecule has 1 aromatic heterocycles. The lowest BCUT2D eigenvalue weighted by Gasteiger charge is -2.18. The predicted molar refractivity (Wildman–Crippen MR) is 87.0 cm³/mol. The Bertz CT molecular complexity index is 667. The van der Waals surface area contributed by atoms with Crippen molar-refractivity contribution in [2.24, 2.45) is 0 Å². The van der Waals surface area contributed by atoms with Crippen LogP contribution in [0, 0.1) is 0 Å². The lowest BCUT2D eigenvalue weighted by atomic mass is 9.99. The molecule has 22 heavy (non-hydrogen) atoms. The number of aromatic nitrogens is 2. The minimum Gasteiger partial charge on any atom is -0.341 e. The molecule has 3 rings (SSSR count). The van der Waals surface area contributed by atoms with Crippen LogP contribution in [0.5, 0.6) is 0 Å². The van der Waals surface area contributed by atoms with Crippen LogP contribution in [-0.2, 0) is 17.8 Å². The van der Waals surface area contributed by atoms with E-state index >= 15 is 0 Å². The topological polar surface area (TPSA) is 38.1 Å². The molecule has 116 valence electrons. The summed E-state index contributed by atoms with van der Waals surface area (Å²) in [7, 11) is 0. The maximum Gasteiger partial charge on any atom is 0.242 e. The number of imidazole rings is 1. The summed E-state index contributed by atoms with van der Waals surface area (Å²) in [4.78, 5) is 18.7. The Hall–Kier alpha value is -1.81. The number of halogens is 1. The maximum atomic E-state index is 12.5. The number of amides is 1. The number of nitrogens with zero attached hydrogens (tertiary/aromatic N) is 3. The highest BCUT2D eigenvalue weighted by Gasteiger charge is 2.27. The molecule has 1 aliphatic rings. The molecular formula is C17H20ClN3O. The van der Waals surface area contributed by atoms with Gasteiger partial charge < -0.3 is 9.47 Å². The number of rotatable bonds is 4. The van der Waals surface area contributed by atoms with Gasteiger partial charge in [0, 0.05) is 42.8 Å². The molecule has 1 atom stereocenters. The Labute approximate surface area is 135 Å². The zero-order valence-electron chi connectivity index (χ0n) is 12.7. The average molecular weight is 318 g/mol. The van der Waals surface area contributed by atoms with Gasteiger partial charge in [0.2, 0.25) is 5.91 Å². The van der Waals surface area contributed by atoms with E-state index in [1.807, 2.05) is 40.8 Å². The van der Waals surface area contributed by atoms with E-state index in [1.54, 1.807) is 6.20 Å². The highest BCUT2D eigenvalue weighted by Crippen LogP contribution is 2.28. The van der Waals surface area contributed by atoms with Crippen molar-refractivity contribution in [3.05, 3.63) is 53.1 Å². The quantitative estimate of drug-likeness (QED) is 0.869. The summed E-state index contributed by atoms with van der Waals surface area (Å²) in [6.45, 7) is 4.02. The fourth-order valence-electron chi connectivity index (χ4n) is 3.06. The molecule has 1 fully saturated rings. The van der Waals surface area contributed by atoms with E-state index in [1.165, 1.54) is 5.56 Å². The number of likely N-dealkylation sites (tertiary alicyclic amines) is 1. The fourth-order valence-corrected chi connectivity index (χ4v) is 3.26. The van der Waals surface area contributed by atoms with Crippen molar-refractivity contribution < 1.29 is 4.79 Å². The third-order valence-electron chi connectivity index (χ3n) is 4.28. The number of aryl methyl sites for hydroxylation is 1. The first-order valence-electron chi connectivity index (χ1n) is 7.70. The van der Waals surface area contributed by atoms with Gasteiger partial charge in [-0.15, -0.1) is 0 Å². The summed E-state index contributed by atoms with van der Waals surface area (Å²) in [6.07, 6.45) is 5.47. The van der Waals surface area contributed by atoms with Crippen LogP contribution in [-0.4, -0.2) is 33.4 Å². The molecule has 2 aromatic rings. The summed E-state index contributed by atoms with van der Waals surface area (Å²) in [5, 5.41) is 0.758. The molecule has 0 aliphatic carbocycles. The molecule has 0 unspecified atom stereocenters. The van der Waals surface area contributed by atoms with Crippen LogP contribution in [0.25, 0.3) is 0 Å². The Morgan fingerprint density at radius 3 is 3.09 bits per heavy atom. The first-order chi connectivity index (χ1) is 10.7. The lowest BCUT2D eigenvalue weighted by molar-refractivity contribution is -0.130. The second-order valence-electron chi connectivity index (χ2n) is 5.71. The molecule has 0 spiro atoms. The molecule has 1 aromatic carbocycles. The minimum atomic E-state index is 0.164. The van der Waals surface area contributed by atoms with Crippen LogP contribution in [0.3, 0.4) is 0 Å². The van der Waals surface area contributed by atoms with Crippen LogP contribution < -0.4 is 0 Å². The third-order valence-corrected chi connectivity index (χ3v) is 4.52. The first-order valence-corrected chi connectivity index (χ1v) is 8.08. The van der Waals surface area contributed by atoms with Gasteiger partial charge in [-0.2, -0.15) is 0 Å². The highest BCUT2D eigenvalue weighted by atomic mass is 35.5. The van der Waals surface area contributed by atoms with Gasteiger partial charge in [0.1, 0.15) is 12.4 Å². The van der Waals surface area contributed by atoms with Crippen LogP contribution in [0.4, 0.5) is 0 Å². The third kappa shape index (κ3) is 3.17. The zero-order chi connectivity index (χ0) is 15.5. The Balaban J connectivity index is 1.64. The van der Waals surface area contributed by atoms with Crippen LogP contribution in [0.2, 0.25) is 5.02 Å². The van der Waals surface area contributed by atoms with Gasteiger partial charge in [0.15, 0.2) is 0 Å². The van der Waals surface area contributed by atoms with Gasteiger partial charge in [-0.05, 0) is 24.1 Å². The molecule has 2 heterocycles. The number of hydrogen-bond donors (Lipinski definition) is 0. The van der Waals surface area contributed by atoms with Gasteiger partial charge in [-0.3, -0.25) is 4.79 Å². The zero-order valence-corrected chi connectivity index (χ0v) is 13.5. The van der Waals surface area contributed by atoms with E-state index in [-0.39, 0.29) is 5.91 Å². The molecule has 4 nitrogen and oxygen atoms in total. The first kappa shape index (κ1) is 15.1. The maximum absolute atomic E-state index is 12.5. The van der Waals surface area contributed by atoms with E-state index in [0.29, 0.717) is 12.5 Å². The standard InChI is InChI=1S/C17H20ClN3O/c1-2-16-19-7-9-20(16)12-17(22)21-8-6-14(11-21)13-4-3-5-15(18)10-13/h3-5,7,9-10,14H,2,6,8,11-12H2,1H3/t14-/m1/s1. The van der Waals surface area contributed by atoms with Crippen molar-refractivity contribution >= 4 is 17.5 Å². The molecular weight excluding hydrogens is 298 g/mol. The molecule has 1 saturated heterocycles. The molecule has 0 N–H and O–H groups in total. The van der Waals surface area contributed by atoms with Gasteiger partial charge in [0.05, 0.1) is 0 Å². The van der Waals surface area contributed by atoms with E-state index in [2.05, 4.69) is 11.1 Å². The summed E-state index contributed by atoms with van der Waals surface area (Å²) in [6, 6.07) is 7.95. The smallest absolute Gasteiger partial charge is 0.242 e. The molecule has 1 amide bonds. The van der Waals surface area contributed by atoms with E-state index < -0.39 is 0 Å². The van der Waals surface area contributed by atoms with Crippen molar-refractivity contribution in [1.82, 2.24) is 14.5 Å². The van der Waals surface area contributed by atoms with Gasteiger partial charge in [-0.25, -0.2) is 4.98 Å². The van der Waals surface area contributed by atoms with Gasteiger partial charge >= 0.3 is 0 Å².